The van der Waals surface area contributed by atoms with E-state index >= 15 is 0 Å². The number of pyridine rings is 1. The molecule has 2 heterocycles. The van der Waals surface area contributed by atoms with Crippen LogP contribution in [0.25, 0.3) is 11.4 Å². The predicted molar refractivity (Wildman–Crippen MR) is 71.6 cm³/mol. The fourth-order valence-corrected chi connectivity index (χ4v) is 1.79. The normalized spacial score (nSPS) is 10.6. The molecule has 0 aliphatic rings. The zero-order valence-corrected chi connectivity index (χ0v) is 10.7. The van der Waals surface area contributed by atoms with Crippen LogP contribution in [0.15, 0.2) is 48.7 Å². The van der Waals surface area contributed by atoms with Crippen molar-refractivity contribution in [3.05, 3.63) is 59.4 Å². The number of halogens is 1. The fraction of sp³-hybridized carbons (Fsp3) is 0.0769. The van der Waals surface area contributed by atoms with E-state index in [9.17, 15) is 0 Å². The second kappa shape index (κ2) is 5.16. The molecule has 0 atom stereocenters. The van der Waals surface area contributed by atoms with Gasteiger partial charge in [0.25, 0.3) is 0 Å². The summed E-state index contributed by atoms with van der Waals surface area (Å²) in [5.74, 6) is 0.613. The average Bonchev–Trinajstić information content (AvgIpc) is 2.91. The van der Waals surface area contributed by atoms with E-state index in [1.807, 2.05) is 36.4 Å². The summed E-state index contributed by atoms with van der Waals surface area (Å²) in [5.41, 5.74) is 1.92. The molecule has 0 unspecified atom stereocenters. The van der Waals surface area contributed by atoms with Crippen molar-refractivity contribution in [3.8, 4) is 11.4 Å². The zero-order valence-electron chi connectivity index (χ0n) is 9.94. The highest BCUT2D eigenvalue weighted by Crippen LogP contribution is 2.12. The van der Waals surface area contributed by atoms with Crippen LogP contribution in [0.5, 0.6) is 0 Å². The van der Waals surface area contributed by atoms with Gasteiger partial charge in [0.2, 0.25) is 5.82 Å². The lowest BCUT2D eigenvalue weighted by atomic mass is 10.2. The zero-order chi connectivity index (χ0) is 13.1. The van der Waals surface area contributed by atoms with E-state index in [2.05, 4.69) is 20.4 Å². The molecule has 0 radical (unpaired) electrons. The molecule has 0 spiro atoms. The first kappa shape index (κ1) is 11.8. The van der Waals surface area contributed by atoms with E-state index in [-0.39, 0.29) is 0 Å². The van der Waals surface area contributed by atoms with Crippen LogP contribution in [0.4, 0.5) is 0 Å². The molecule has 2 aromatic heterocycles. The predicted octanol–water partition coefficient (Wildman–Crippen LogP) is 2.44. The Morgan fingerprint density at radius 1 is 1.05 bits per heavy atom. The summed E-state index contributed by atoms with van der Waals surface area (Å²) in [5, 5.41) is 12.9. The van der Waals surface area contributed by atoms with Crippen molar-refractivity contribution in [1.29, 1.82) is 0 Å². The van der Waals surface area contributed by atoms with E-state index in [4.69, 9.17) is 11.6 Å². The minimum atomic E-state index is 0.472. The van der Waals surface area contributed by atoms with Gasteiger partial charge in [-0.2, -0.15) is 4.80 Å². The number of aromatic nitrogens is 5. The quantitative estimate of drug-likeness (QED) is 0.687. The van der Waals surface area contributed by atoms with E-state index in [1.54, 1.807) is 12.3 Å². The highest BCUT2D eigenvalue weighted by atomic mass is 35.5. The van der Waals surface area contributed by atoms with Crippen LogP contribution in [0, 0.1) is 0 Å². The smallest absolute Gasteiger partial charge is 0.204 e. The summed E-state index contributed by atoms with van der Waals surface area (Å²) in [4.78, 5) is 5.55. The maximum absolute atomic E-state index is 5.74. The van der Waals surface area contributed by atoms with Gasteiger partial charge in [0.15, 0.2) is 0 Å². The van der Waals surface area contributed by atoms with Crippen molar-refractivity contribution in [1.82, 2.24) is 25.2 Å². The second-order valence-corrected chi connectivity index (χ2v) is 4.39. The SMILES string of the molecule is Clc1ccc(Cn2nnc(-c3ccccc3)n2)cn1. The van der Waals surface area contributed by atoms with Gasteiger partial charge in [-0.15, -0.1) is 10.2 Å². The van der Waals surface area contributed by atoms with Crippen LogP contribution in [-0.4, -0.2) is 25.2 Å². The van der Waals surface area contributed by atoms with Crippen molar-refractivity contribution >= 4 is 11.6 Å². The minimum Gasteiger partial charge on any atom is -0.244 e. The summed E-state index contributed by atoms with van der Waals surface area (Å²) in [6.45, 7) is 0.518. The third-order valence-electron chi connectivity index (χ3n) is 2.60. The standard InChI is InChI=1S/C13H10ClN5/c14-12-7-6-10(8-15-12)9-19-17-13(16-18-19)11-4-2-1-3-5-11/h1-8H,9H2. The molecule has 0 aliphatic heterocycles. The van der Waals surface area contributed by atoms with Crippen LogP contribution in [0.3, 0.4) is 0 Å². The number of benzene rings is 1. The molecule has 3 aromatic rings. The lowest BCUT2D eigenvalue weighted by molar-refractivity contribution is 0.572. The van der Waals surface area contributed by atoms with Gasteiger partial charge >= 0.3 is 0 Å². The van der Waals surface area contributed by atoms with Gasteiger partial charge in [-0.05, 0) is 16.8 Å². The average molecular weight is 272 g/mol. The molecule has 19 heavy (non-hydrogen) atoms. The van der Waals surface area contributed by atoms with Gasteiger partial charge in [0, 0.05) is 11.8 Å². The molecule has 3 rings (SSSR count). The number of nitrogens with zero attached hydrogens (tertiary/aromatic N) is 5. The van der Waals surface area contributed by atoms with Gasteiger partial charge in [-0.25, -0.2) is 4.98 Å². The molecular formula is C13H10ClN5. The molecule has 6 heteroatoms. The third kappa shape index (κ3) is 2.77. The molecule has 5 nitrogen and oxygen atoms in total. The maximum Gasteiger partial charge on any atom is 0.204 e. The van der Waals surface area contributed by atoms with Gasteiger partial charge in [0.05, 0.1) is 6.54 Å². The van der Waals surface area contributed by atoms with Crippen LogP contribution in [0.2, 0.25) is 5.15 Å². The third-order valence-corrected chi connectivity index (χ3v) is 2.82. The van der Waals surface area contributed by atoms with Crippen molar-refractivity contribution in [3.63, 3.8) is 0 Å². The number of hydrogen-bond donors (Lipinski definition) is 0. The van der Waals surface area contributed by atoms with Crippen molar-refractivity contribution in [2.75, 3.05) is 0 Å². The monoisotopic (exact) mass is 271 g/mol. The first-order valence-corrected chi connectivity index (χ1v) is 6.13. The molecule has 0 saturated heterocycles. The lowest BCUT2D eigenvalue weighted by Gasteiger charge is -1.98. The van der Waals surface area contributed by atoms with Crippen molar-refractivity contribution in [2.45, 2.75) is 6.54 Å². The van der Waals surface area contributed by atoms with Crippen molar-refractivity contribution in [2.24, 2.45) is 0 Å². The Labute approximate surface area is 114 Å². The van der Waals surface area contributed by atoms with E-state index in [0.29, 0.717) is 17.5 Å². The number of hydrogen-bond acceptors (Lipinski definition) is 4. The van der Waals surface area contributed by atoms with E-state index < -0.39 is 0 Å². The summed E-state index contributed by atoms with van der Waals surface area (Å²) in [7, 11) is 0. The number of rotatable bonds is 3. The first-order valence-electron chi connectivity index (χ1n) is 5.75. The highest BCUT2D eigenvalue weighted by Gasteiger charge is 2.05. The summed E-state index contributed by atoms with van der Waals surface area (Å²) < 4.78 is 0. The van der Waals surface area contributed by atoms with Gasteiger partial charge in [-0.3, -0.25) is 0 Å². The molecular weight excluding hydrogens is 262 g/mol. The molecule has 0 saturated carbocycles. The molecule has 1 aromatic carbocycles. The second-order valence-electron chi connectivity index (χ2n) is 4.00. The topological polar surface area (TPSA) is 56.5 Å². The summed E-state index contributed by atoms with van der Waals surface area (Å²) >= 11 is 5.74. The Balaban J connectivity index is 1.80. The van der Waals surface area contributed by atoms with E-state index in [1.165, 1.54) is 4.80 Å². The lowest BCUT2D eigenvalue weighted by Crippen LogP contribution is -2.04. The van der Waals surface area contributed by atoms with E-state index in [0.717, 1.165) is 11.1 Å². The Morgan fingerprint density at radius 3 is 2.63 bits per heavy atom. The molecule has 0 N–H and O–H groups in total. The Bertz CT molecular complexity index is 663. The van der Waals surface area contributed by atoms with Gasteiger partial charge in [-0.1, -0.05) is 48.0 Å². The van der Waals surface area contributed by atoms with Crippen LogP contribution in [0.1, 0.15) is 5.56 Å². The molecule has 0 amide bonds. The molecule has 0 bridgehead atoms. The molecule has 0 fully saturated rings. The van der Waals surface area contributed by atoms with Crippen LogP contribution >= 0.6 is 11.6 Å². The number of tetrazole rings is 1. The summed E-state index contributed by atoms with van der Waals surface area (Å²) in [6, 6.07) is 13.4. The fourth-order valence-electron chi connectivity index (χ4n) is 1.68. The van der Waals surface area contributed by atoms with Gasteiger partial charge < -0.3 is 0 Å². The molecule has 94 valence electrons. The van der Waals surface area contributed by atoms with Crippen molar-refractivity contribution < 1.29 is 0 Å². The maximum atomic E-state index is 5.74. The van der Waals surface area contributed by atoms with Crippen LogP contribution in [-0.2, 0) is 6.54 Å². The minimum absolute atomic E-state index is 0.472. The molecule has 0 aliphatic carbocycles. The van der Waals surface area contributed by atoms with Gasteiger partial charge in [0.1, 0.15) is 5.15 Å². The Kier molecular flexibility index (Phi) is 3.20. The Morgan fingerprint density at radius 2 is 1.89 bits per heavy atom. The first-order chi connectivity index (χ1) is 9.31. The van der Waals surface area contributed by atoms with Crippen LogP contribution < -0.4 is 0 Å². The summed E-state index contributed by atoms with van der Waals surface area (Å²) in [6.07, 6.45) is 1.70. The largest absolute Gasteiger partial charge is 0.244 e. The highest BCUT2D eigenvalue weighted by molar-refractivity contribution is 6.29. The Hall–Kier alpha value is -2.27.